The number of aliphatic hydroxyl groups excluding tert-OH is 2. The number of hydrogen-bond donors (Lipinski definition) is 3. The summed E-state index contributed by atoms with van der Waals surface area (Å²) in [6.45, 7) is -0.326. The van der Waals surface area contributed by atoms with Crippen molar-refractivity contribution >= 4 is 48.8 Å². The molecule has 0 aliphatic carbocycles. The van der Waals surface area contributed by atoms with Crippen molar-refractivity contribution in [3.63, 3.8) is 0 Å². The van der Waals surface area contributed by atoms with Crippen molar-refractivity contribution in [2.24, 2.45) is 0 Å². The molecule has 1 saturated heterocycles. The molecule has 0 radical (unpaired) electrons. The van der Waals surface area contributed by atoms with Gasteiger partial charge in [-0.25, -0.2) is 4.79 Å². The summed E-state index contributed by atoms with van der Waals surface area (Å²) in [7, 11) is 0. The van der Waals surface area contributed by atoms with Crippen molar-refractivity contribution in [3.05, 3.63) is 36.7 Å². The molecule has 9 heteroatoms. The third-order valence-electron chi connectivity index (χ3n) is 3.02. The number of hydrogen-bond acceptors (Lipinski definition) is 5. The second-order valence-corrected chi connectivity index (χ2v) is 6.07. The van der Waals surface area contributed by atoms with E-state index in [9.17, 15) is 14.7 Å². The first-order chi connectivity index (χ1) is 9.47. The fourth-order valence-corrected chi connectivity index (χ4v) is 2.70. The van der Waals surface area contributed by atoms with E-state index >= 15 is 0 Å². The maximum atomic E-state index is 11.9. The van der Waals surface area contributed by atoms with Crippen LogP contribution < -0.4 is 11.2 Å². The number of H-pyrrole nitrogens is 1. The molecule has 0 bridgehead atoms. The van der Waals surface area contributed by atoms with Crippen molar-refractivity contribution in [2.45, 2.75) is 24.9 Å². The molecule has 0 unspecified atom stereocenters. The van der Waals surface area contributed by atoms with Crippen LogP contribution in [0.25, 0.3) is 3.58 Å². The van der Waals surface area contributed by atoms with Crippen molar-refractivity contribution in [1.29, 1.82) is 0 Å². The minimum absolute atomic E-state index is 0.182. The van der Waals surface area contributed by atoms with Crippen LogP contribution in [0.15, 0.2) is 19.9 Å². The topological polar surface area (TPSA) is 105 Å². The molecule has 3 atom stereocenters. The van der Waals surface area contributed by atoms with Gasteiger partial charge >= 0.3 is 5.69 Å². The Morgan fingerprint density at radius 2 is 2.30 bits per heavy atom. The number of ether oxygens (including phenoxy) is 1. The summed E-state index contributed by atoms with van der Waals surface area (Å²) in [6, 6.07) is 0. The summed E-state index contributed by atoms with van der Waals surface area (Å²) in [4.78, 5) is 25.8. The lowest BCUT2D eigenvalue weighted by molar-refractivity contribution is -0.0459. The highest BCUT2D eigenvalue weighted by Gasteiger charge is 2.35. The molecule has 20 heavy (non-hydrogen) atoms. The van der Waals surface area contributed by atoms with Crippen LogP contribution in [0, 0.1) is 0 Å². The Morgan fingerprint density at radius 3 is 2.85 bits per heavy atom. The van der Waals surface area contributed by atoms with Crippen molar-refractivity contribution in [2.75, 3.05) is 6.61 Å². The number of nitrogens with zero attached hydrogens (tertiary/aromatic N) is 1. The average molecular weight is 506 g/mol. The van der Waals surface area contributed by atoms with Gasteiger partial charge in [0.2, 0.25) is 0 Å². The van der Waals surface area contributed by atoms with Gasteiger partial charge in [0.15, 0.2) is 0 Å². The lowest BCUT2D eigenvalue weighted by Gasteiger charge is -2.15. The molecular weight excluding hydrogens is 494 g/mol. The van der Waals surface area contributed by atoms with Crippen LogP contribution >= 0.6 is 45.2 Å². The number of aliphatic hydroxyl groups is 2. The zero-order valence-corrected chi connectivity index (χ0v) is 14.4. The Kier molecular flexibility index (Phi) is 5.39. The summed E-state index contributed by atoms with van der Waals surface area (Å²) in [5.41, 5.74) is -0.724. The fraction of sp³-hybridized carbons (Fsp3) is 0.455. The van der Waals surface area contributed by atoms with Crippen LogP contribution in [0.2, 0.25) is 0 Å². The van der Waals surface area contributed by atoms with Gasteiger partial charge in [-0.3, -0.25) is 14.3 Å². The van der Waals surface area contributed by atoms with Gasteiger partial charge in [-0.2, -0.15) is 0 Å². The Labute approximate surface area is 140 Å². The van der Waals surface area contributed by atoms with Crippen LogP contribution in [0.5, 0.6) is 0 Å². The van der Waals surface area contributed by atoms with Gasteiger partial charge in [0.1, 0.15) is 12.3 Å². The Balaban J connectivity index is 2.43. The third-order valence-corrected chi connectivity index (χ3v) is 5.72. The summed E-state index contributed by atoms with van der Waals surface area (Å²) in [6.07, 6.45) is -0.673. The number of halogens is 2. The minimum Gasteiger partial charge on any atom is -0.394 e. The summed E-state index contributed by atoms with van der Waals surface area (Å²) in [5.74, 6) is 0. The van der Waals surface area contributed by atoms with Crippen molar-refractivity contribution in [3.8, 4) is 0 Å². The monoisotopic (exact) mass is 506 g/mol. The Bertz CT molecular complexity index is 638. The van der Waals surface area contributed by atoms with Gasteiger partial charge in [-0.05, 0) is 26.7 Å². The fourth-order valence-electron chi connectivity index (χ4n) is 1.98. The second-order valence-electron chi connectivity index (χ2n) is 4.28. The normalized spacial score (nSPS) is 27.0. The number of aromatic nitrogens is 2. The molecule has 2 rings (SSSR count). The maximum Gasteiger partial charge on any atom is 0.330 e. The smallest absolute Gasteiger partial charge is 0.330 e. The number of rotatable bonds is 3. The van der Waals surface area contributed by atoms with Crippen LogP contribution in [0.1, 0.15) is 18.2 Å². The molecule has 3 N–H and O–H groups in total. The van der Waals surface area contributed by atoms with E-state index < -0.39 is 29.7 Å². The molecule has 7 nitrogen and oxygen atoms in total. The van der Waals surface area contributed by atoms with E-state index in [0.29, 0.717) is 9.14 Å². The lowest BCUT2D eigenvalue weighted by Crippen LogP contribution is -2.33. The summed E-state index contributed by atoms with van der Waals surface area (Å²) < 4.78 is 9.06. The summed E-state index contributed by atoms with van der Waals surface area (Å²) >= 11 is 3.99. The zero-order valence-electron chi connectivity index (χ0n) is 10.1. The van der Waals surface area contributed by atoms with E-state index in [0.717, 1.165) is 0 Å². The SMILES string of the molecule is O=c1[nH]c(=O)n([C@@H]2C[C@H](O)[C@@H](CO)O2)cc1/C(I)=C\I. The maximum absolute atomic E-state index is 11.9. The first-order valence-electron chi connectivity index (χ1n) is 5.74. The van der Waals surface area contributed by atoms with Crippen molar-refractivity contribution < 1.29 is 14.9 Å². The van der Waals surface area contributed by atoms with E-state index in [-0.39, 0.29) is 13.0 Å². The van der Waals surface area contributed by atoms with E-state index in [4.69, 9.17) is 9.84 Å². The van der Waals surface area contributed by atoms with Crippen LogP contribution in [0.4, 0.5) is 0 Å². The molecule has 0 spiro atoms. The van der Waals surface area contributed by atoms with Crippen LogP contribution in [0.3, 0.4) is 0 Å². The van der Waals surface area contributed by atoms with Gasteiger partial charge in [0.25, 0.3) is 5.56 Å². The molecule has 2 heterocycles. The largest absolute Gasteiger partial charge is 0.394 e. The lowest BCUT2D eigenvalue weighted by atomic mass is 10.2. The van der Waals surface area contributed by atoms with E-state index in [2.05, 4.69) is 4.98 Å². The molecular formula is C11H12I2N2O5. The minimum atomic E-state index is -0.841. The van der Waals surface area contributed by atoms with Gasteiger partial charge in [-0.1, -0.05) is 22.6 Å². The van der Waals surface area contributed by atoms with Gasteiger partial charge < -0.3 is 14.9 Å². The van der Waals surface area contributed by atoms with Crippen LogP contribution in [-0.2, 0) is 4.74 Å². The first-order valence-corrected chi connectivity index (χ1v) is 8.06. The molecule has 110 valence electrons. The molecule has 1 aliphatic rings. The quantitative estimate of drug-likeness (QED) is 0.514. The second kappa shape index (κ2) is 6.68. The number of nitrogens with one attached hydrogen (secondary N) is 1. The predicted octanol–water partition coefficient (Wildman–Crippen LogP) is 0.346. The molecule has 1 aromatic rings. The highest BCUT2D eigenvalue weighted by Crippen LogP contribution is 2.28. The molecule has 1 aromatic heterocycles. The molecule has 1 fully saturated rings. The summed E-state index contributed by atoms with van der Waals surface area (Å²) in [5, 5.41) is 18.8. The van der Waals surface area contributed by atoms with Crippen molar-refractivity contribution in [1.82, 2.24) is 9.55 Å². The predicted molar refractivity (Wildman–Crippen MR) is 89.0 cm³/mol. The highest BCUT2D eigenvalue weighted by molar-refractivity contribution is 14.1. The highest BCUT2D eigenvalue weighted by atomic mass is 127. The van der Waals surface area contributed by atoms with Gasteiger partial charge in [0.05, 0.1) is 18.3 Å². The van der Waals surface area contributed by atoms with Gasteiger partial charge in [0, 0.05) is 16.2 Å². The van der Waals surface area contributed by atoms with Crippen LogP contribution in [-0.4, -0.2) is 38.6 Å². The third kappa shape index (κ3) is 3.16. The standard InChI is InChI=1S/C11H12I2N2O5/c12-2-6(13)5-3-15(11(19)14-10(5)18)9-1-7(17)8(4-16)20-9/h2-3,7-9,16-17H,1,4H2,(H,14,18,19)/b6-2+/t7-,8+,9-/m0/s1. The molecule has 0 amide bonds. The van der Waals surface area contributed by atoms with E-state index in [1.807, 2.05) is 45.2 Å². The van der Waals surface area contributed by atoms with E-state index in [1.54, 1.807) is 4.08 Å². The average Bonchev–Trinajstić information content (AvgIpc) is 2.79. The molecule has 0 saturated carbocycles. The molecule has 0 aromatic carbocycles. The molecule has 1 aliphatic heterocycles. The Hall–Kier alpha value is -0.240. The van der Waals surface area contributed by atoms with E-state index in [1.165, 1.54) is 10.8 Å². The first kappa shape index (κ1) is 16.1. The number of aromatic amines is 1. The van der Waals surface area contributed by atoms with Gasteiger partial charge in [-0.15, -0.1) is 0 Å². The Morgan fingerprint density at radius 1 is 1.60 bits per heavy atom. The zero-order chi connectivity index (χ0) is 14.9.